The van der Waals surface area contributed by atoms with E-state index in [1.807, 2.05) is 26.0 Å². The van der Waals surface area contributed by atoms with Crippen LogP contribution in [0.4, 0.5) is 16.4 Å². The molecule has 1 fully saturated rings. The monoisotopic (exact) mass is 456 g/mol. The Morgan fingerprint density at radius 3 is 2.69 bits per heavy atom. The summed E-state index contributed by atoms with van der Waals surface area (Å²) in [4.78, 5) is 11.1. The minimum absolute atomic E-state index is 0. The van der Waals surface area contributed by atoms with Gasteiger partial charge in [-0.1, -0.05) is 12.1 Å². The molecule has 1 saturated heterocycles. The van der Waals surface area contributed by atoms with E-state index in [0.29, 0.717) is 6.04 Å². The number of piperazine rings is 1. The first-order chi connectivity index (χ1) is 12.8. The minimum Gasteiger partial charge on any atom is -0.390 e. The van der Waals surface area contributed by atoms with Crippen LogP contribution in [0.5, 0.6) is 0 Å². The highest BCUT2D eigenvalue weighted by Gasteiger charge is 2.32. The van der Waals surface area contributed by atoms with E-state index in [0.717, 1.165) is 48.3 Å². The Balaban J connectivity index is 0.00000150. The summed E-state index contributed by atoms with van der Waals surface area (Å²) in [6.45, 7) is 8.70. The van der Waals surface area contributed by atoms with Gasteiger partial charge in [0.1, 0.15) is 10.8 Å². The number of amidine groups is 1. The number of hydrogen-bond acceptors (Lipinski definition) is 6. The molecule has 0 radical (unpaired) electrons. The third-order valence-corrected chi connectivity index (χ3v) is 6.25. The number of fused-ring (bicyclic) bond motifs is 2. The summed E-state index contributed by atoms with van der Waals surface area (Å²) in [5, 5.41) is 15.1. The molecule has 1 aromatic heterocycles. The first kappa shape index (κ1) is 24.0. The number of benzene rings is 1. The zero-order chi connectivity index (χ0) is 19.2. The molecule has 2 aliphatic rings. The van der Waals surface area contributed by atoms with Crippen LogP contribution in [0.1, 0.15) is 30.7 Å². The maximum absolute atomic E-state index is 10.3. The van der Waals surface area contributed by atoms with Crippen molar-refractivity contribution >= 4 is 58.4 Å². The molecule has 1 atom stereocenters. The predicted octanol–water partition coefficient (Wildman–Crippen LogP) is 4.81. The van der Waals surface area contributed by atoms with Crippen LogP contribution in [0.15, 0.2) is 35.3 Å². The van der Waals surface area contributed by atoms with Crippen molar-refractivity contribution in [2.75, 3.05) is 32.0 Å². The van der Waals surface area contributed by atoms with Gasteiger partial charge in [-0.2, -0.15) is 0 Å². The number of nitrogens with zero attached hydrogens (tertiary/aromatic N) is 3. The number of halogens is 2. The molecule has 3 heterocycles. The number of aliphatic hydroxyl groups is 1. The summed E-state index contributed by atoms with van der Waals surface area (Å²) < 4.78 is 0. The molecule has 1 aromatic carbocycles. The van der Waals surface area contributed by atoms with Crippen LogP contribution in [0, 0.1) is 6.92 Å². The number of aliphatic imine (C=N–C) groups is 1. The van der Waals surface area contributed by atoms with Crippen LogP contribution in [0.3, 0.4) is 0 Å². The lowest BCUT2D eigenvalue weighted by molar-refractivity contribution is 0.0218. The first-order valence-electron chi connectivity index (χ1n) is 9.53. The molecule has 2 aliphatic heterocycles. The number of hydrogen-bond donors (Lipinski definition) is 2. The fraction of sp³-hybridized carbons (Fsp3) is 0.476. The molecule has 160 valence electrons. The highest BCUT2D eigenvalue weighted by molar-refractivity contribution is 7.16. The molecule has 0 unspecified atom stereocenters. The smallest absolute Gasteiger partial charge is 0.139 e. The standard InChI is InChI=1S/C21H28N4OS.2ClH/c1-14-11-16-19(22-17-7-5-6-8-18(17)23-20(16)27-14)25-10-9-24(4)15(13-25)12-21(2,3)26;;/h5-8,11,15,23,26H,9-10,12-13H2,1-4H3;2*1H/t15-;;/m0../s1. The fourth-order valence-corrected chi connectivity index (χ4v) is 4.84. The van der Waals surface area contributed by atoms with Crippen molar-refractivity contribution in [3.05, 3.63) is 40.8 Å². The summed E-state index contributed by atoms with van der Waals surface area (Å²) >= 11 is 1.78. The van der Waals surface area contributed by atoms with Crippen molar-refractivity contribution < 1.29 is 5.11 Å². The molecule has 8 heteroatoms. The van der Waals surface area contributed by atoms with Gasteiger partial charge in [-0.3, -0.25) is 4.90 Å². The van der Waals surface area contributed by atoms with Gasteiger partial charge >= 0.3 is 0 Å². The molecular formula is C21H30Cl2N4OS. The number of likely N-dealkylation sites (N-methyl/N-ethyl adjacent to an activating group) is 1. The Morgan fingerprint density at radius 1 is 1.24 bits per heavy atom. The summed E-state index contributed by atoms with van der Waals surface area (Å²) in [5.41, 5.74) is 2.54. The van der Waals surface area contributed by atoms with E-state index < -0.39 is 5.60 Å². The second-order valence-electron chi connectivity index (χ2n) is 8.27. The van der Waals surface area contributed by atoms with Gasteiger partial charge in [-0.05, 0) is 52.4 Å². The Kier molecular flexibility index (Phi) is 7.63. The number of para-hydroxylation sites is 2. The van der Waals surface area contributed by atoms with Crippen molar-refractivity contribution in [2.45, 2.75) is 38.8 Å². The van der Waals surface area contributed by atoms with E-state index in [2.05, 4.69) is 47.3 Å². The quantitative estimate of drug-likeness (QED) is 0.680. The van der Waals surface area contributed by atoms with Crippen LogP contribution in [0.25, 0.3) is 0 Å². The van der Waals surface area contributed by atoms with Crippen molar-refractivity contribution in [3.8, 4) is 0 Å². The van der Waals surface area contributed by atoms with E-state index >= 15 is 0 Å². The highest BCUT2D eigenvalue weighted by Crippen LogP contribution is 2.39. The van der Waals surface area contributed by atoms with Crippen molar-refractivity contribution in [3.63, 3.8) is 0 Å². The Bertz CT molecular complexity index is 878. The molecule has 0 aliphatic carbocycles. The Labute approximate surface area is 189 Å². The van der Waals surface area contributed by atoms with Gasteiger partial charge in [0, 0.05) is 30.6 Å². The maximum atomic E-state index is 10.3. The SMILES string of the molecule is Cc1cc2c(s1)Nc1ccccc1N=C2N1CCN(C)[C@@H](CC(C)(C)O)C1.Cl.Cl. The van der Waals surface area contributed by atoms with Crippen LogP contribution in [0.2, 0.25) is 0 Å². The van der Waals surface area contributed by atoms with Gasteiger partial charge in [-0.15, -0.1) is 36.2 Å². The van der Waals surface area contributed by atoms with Gasteiger partial charge in [0.2, 0.25) is 0 Å². The van der Waals surface area contributed by atoms with E-state index in [1.54, 1.807) is 11.3 Å². The lowest BCUT2D eigenvalue weighted by Gasteiger charge is -2.42. The average Bonchev–Trinajstić information content (AvgIpc) is 2.87. The molecule has 0 spiro atoms. The van der Waals surface area contributed by atoms with Gasteiger partial charge < -0.3 is 15.3 Å². The predicted molar refractivity (Wildman–Crippen MR) is 128 cm³/mol. The lowest BCUT2D eigenvalue weighted by Crippen LogP contribution is -2.55. The highest BCUT2D eigenvalue weighted by atomic mass is 35.5. The molecule has 5 nitrogen and oxygen atoms in total. The molecule has 2 aromatic rings. The molecule has 29 heavy (non-hydrogen) atoms. The Morgan fingerprint density at radius 2 is 1.97 bits per heavy atom. The number of rotatable bonds is 2. The minimum atomic E-state index is -0.675. The zero-order valence-corrected chi connectivity index (χ0v) is 19.8. The number of aryl methyl sites for hydroxylation is 1. The van der Waals surface area contributed by atoms with Gasteiger partial charge in [0.25, 0.3) is 0 Å². The summed E-state index contributed by atoms with van der Waals surface area (Å²) in [7, 11) is 2.15. The van der Waals surface area contributed by atoms with Crippen LogP contribution < -0.4 is 5.32 Å². The molecule has 0 bridgehead atoms. The summed E-state index contributed by atoms with van der Waals surface area (Å²) in [5.74, 6) is 1.04. The zero-order valence-electron chi connectivity index (χ0n) is 17.3. The van der Waals surface area contributed by atoms with E-state index in [1.165, 1.54) is 10.4 Å². The second kappa shape index (κ2) is 9.23. The van der Waals surface area contributed by atoms with E-state index in [-0.39, 0.29) is 24.8 Å². The average molecular weight is 457 g/mol. The van der Waals surface area contributed by atoms with Crippen LogP contribution in [-0.2, 0) is 0 Å². The molecule has 4 rings (SSSR count). The second-order valence-corrected chi connectivity index (χ2v) is 9.53. The number of thiophene rings is 1. The van der Waals surface area contributed by atoms with Crippen LogP contribution >= 0.6 is 36.2 Å². The van der Waals surface area contributed by atoms with Gasteiger partial charge in [-0.25, -0.2) is 4.99 Å². The topological polar surface area (TPSA) is 51.1 Å². The number of anilines is 2. The summed E-state index contributed by atoms with van der Waals surface area (Å²) in [6, 6.07) is 10.8. The third kappa shape index (κ3) is 5.25. The van der Waals surface area contributed by atoms with Crippen molar-refractivity contribution in [2.24, 2.45) is 4.99 Å². The number of nitrogens with one attached hydrogen (secondary N) is 1. The van der Waals surface area contributed by atoms with E-state index in [4.69, 9.17) is 4.99 Å². The lowest BCUT2D eigenvalue weighted by atomic mass is 9.96. The van der Waals surface area contributed by atoms with Crippen molar-refractivity contribution in [1.29, 1.82) is 0 Å². The normalized spacial score (nSPS) is 19.0. The molecule has 2 N–H and O–H groups in total. The maximum Gasteiger partial charge on any atom is 0.139 e. The summed E-state index contributed by atoms with van der Waals surface area (Å²) in [6.07, 6.45) is 0.748. The first-order valence-corrected chi connectivity index (χ1v) is 10.3. The molecule has 0 amide bonds. The third-order valence-electron chi connectivity index (χ3n) is 5.29. The van der Waals surface area contributed by atoms with E-state index in [9.17, 15) is 5.11 Å². The van der Waals surface area contributed by atoms with Gasteiger partial charge in [0.05, 0.1) is 22.5 Å². The Hall–Kier alpha value is -1.31. The fourth-order valence-electron chi connectivity index (χ4n) is 3.92. The van der Waals surface area contributed by atoms with Crippen molar-refractivity contribution in [1.82, 2.24) is 9.80 Å². The largest absolute Gasteiger partial charge is 0.390 e. The molecular weight excluding hydrogens is 427 g/mol. The van der Waals surface area contributed by atoms with Crippen LogP contribution in [-0.4, -0.2) is 59.1 Å². The molecule has 0 saturated carbocycles. The van der Waals surface area contributed by atoms with Gasteiger partial charge in [0.15, 0.2) is 0 Å².